The van der Waals surface area contributed by atoms with Crippen LogP contribution in [0.2, 0.25) is 0 Å². The molecule has 3 rings (SSSR count). The molecule has 0 aromatic heterocycles. The highest BCUT2D eigenvalue weighted by atomic mass is 19.4. The maximum Gasteiger partial charge on any atom is 0.471 e. The van der Waals surface area contributed by atoms with E-state index in [1.807, 2.05) is 44.2 Å². The predicted octanol–water partition coefficient (Wildman–Crippen LogP) is 4.27. The first-order chi connectivity index (χ1) is 14.6. The average molecular weight is 439 g/mol. The van der Waals surface area contributed by atoms with E-state index in [0.717, 1.165) is 10.5 Å². The van der Waals surface area contributed by atoms with Crippen LogP contribution in [0.1, 0.15) is 38.7 Å². The first kappa shape index (κ1) is 23.3. The zero-order valence-electron chi connectivity index (χ0n) is 17.7. The molecule has 1 aliphatic carbocycles. The molecule has 170 valence electrons. The van der Waals surface area contributed by atoms with Crippen molar-refractivity contribution in [2.75, 3.05) is 13.2 Å². The maximum absolute atomic E-state index is 13.4. The predicted molar refractivity (Wildman–Crippen MR) is 108 cm³/mol. The molecular weight excluding hydrogens is 411 g/mol. The zero-order valence-corrected chi connectivity index (χ0v) is 17.7. The number of halogens is 3. The van der Waals surface area contributed by atoms with Gasteiger partial charge >= 0.3 is 18.1 Å². The van der Waals surface area contributed by atoms with Gasteiger partial charge in [-0.1, -0.05) is 56.3 Å². The summed E-state index contributed by atoms with van der Waals surface area (Å²) in [4.78, 5) is 26.3. The van der Waals surface area contributed by atoms with Gasteiger partial charge < -0.3 is 14.4 Å². The van der Waals surface area contributed by atoms with Crippen molar-refractivity contribution in [3.05, 3.63) is 48.0 Å². The molecule has 2 unspecified atom stereocenters. The Labute approximate surface area is 180 Å². The van der Waals surface area contributed by atoms with Crippen molar-refractivity contribution in [3.8, 4) is 0 Å². The van der Waals surface area contributed by atoms with Crippen LogP contribution in [0.5, 0.6) is 0 Å². The lowest BCUT2D eigenvalue weighted by Gasteiger charge is -2.40. The third-order valence-corrected chi connectivity index (χ3v) is 6.20. The highest BCUT2D eigenvalue weighted by Crippen LogP contribution is 2.44. The summed E-state index contributed by atoms with van der Waals surface area (Å²) < 4.78 is 51.0. The molecule has 0 bridgehead atoms. The van der Waals surface area contributed by atoms with Crippen LogP contribution in [0.25, 0.3) is 0 Å². The molecule has 31 heavy (non-hydrogen) atoms. The highest BCUT2D eigenvalue weighted by Gasteiger charge is 2.52. The minimum atomic E-state index is -4.98. The van der Waals surface area contributed by atoms with E-state index < -0.39 is 35.6 Å². The van der Waals surface area contributed by atoms with Gasteiger partial charge in [-0.25, -0.2) is 0 Å². The summed E-state index contributed by atoms with van der Waals surface area (Å²) >= 11 is 0. The molecule has 2 atom stereocenters. The minimum Gasteiger partial charge on any atom is -0.460 e. The lowest BCUT2D eigenvalue weighted by Crippen LogP contribution is -2.54. The SMILES string of the molecule is CC(C)C1(C(=O)OCc2ccccc2)C=CC(N(C(=O)C(F)(F)F)C2CCOCC2)C1. The molecule has 0 N–H and O–H groups in total. The van der Waals surface area contributed by atoms with E-state index in [2.05, 4.69) is 0 Å². The monoisotopic (exact) mass is 439 g/mol. The number of hydrogen-bond donors (Lipinski definition) is 0. The number of carbonyl (C=O) groups excluding carboxylic acids is 2. The van der Waals surface area contributed by atoms with Gasteiger partial charge in [-0.05, 0) is 30.7 Å². The van der Waals surface area contributed by atoms with E-state index in [9.17, 15) is 22.8 Å². The van der Waals surface area contributed by atoms with E-state index in [1.54, 1.807) is 12.2 Å². The van der Waals surface area contributed by atoms with Gasteiger partial charge in [-0.2, -0.15) is 13.2 Å². The fourth-order valence-electron chi connectivity index (χ4n) is 4.33. The van der Waals surface area contributed by atoms with Crippen LogP contribution in [0.4, 0.5) is 13.2 Å². The van der Waals surface area contributed by atoms with E-state index in [4.69, 9.17) is 9.47 Å². The molecule has 1 saturated heterocycles. The van der Waals surface area contributed by atoms with Crippen molar-refractivity contribution in [2.45, 2.75) is 58.0 Å². The molecule has 5 nitrogen and oxygen atoms in total. The number of carbonyl (C=O) groups is 2. The molecule has 1 aliphatic heterocycles. The Morgan fingerprint density at radius 2 is 1.84 bits per heavy atom. The summed E-state index contributed by atoms with van der Waals surface area (Å²) in [5.74, 6) is -2.57. The Morgan fingerprint density at radius 1 is 1.19 bits per heavy atom. The summed E-state index contributed by atoms with van der Waals surface area (Å²) in [6, 6.07) is 7.77. The zero-order chi connectivity index (χ0) is 22.6. The molecule has 1 aromatic carbocycles. The first-order valence-electron chi connectivity index (χ1n) is 10.5. The highest BCUT2D eigenvalue weighted by molar-refractivity contribution is 5.84. The van der Waals surface area contributed by atoms with Gasteiger partial charge in [-0.3, -0.25) is 9.59 Å². The van der Waals surface area contributed by atoms with Gasteiger partial charge in [0.05, 0.1) is 11.5 Å². The van der Waals surface area contributed by atoms with Crippen molar-refractivity contribution in [2.24, 2.45) is 11.3 Å². The average Bonchev–Trinajstić information content (AvgIpc) is 3.19. The molecule has 0 radical (unpaired) electrons. The second-order valence-corrected chi connectivity index (χ2v) is 8.44. The Bertz CT molecular complexity index is 803. The second kappa shape index (κ2) is 9.42. The molecule has 1 fully saturated rings. The Kier molecular flexibility index (Phi) is 7.09. The van der Waals surface area contributed by atoms with Gasteiger partial charge in [0.25, 0.3) is 0 Å². The Balaban J connectivity index is 1.80. The van der Waals surface area contributed by atoms with Gasteiger partial charge in [0.2, 0.25) is 0 Å². The molecule has 1 aromatic rings. The van der Waals surface area contributed by atoms with Crippen molar-refractivity contribution in [1.82, 2.24) is 4.90 Å². The minimum absolute atomic E-state index is 0.0669. The number of amides is 1. The third kappa shape index (κ3) is 5.11. The van der Waals surface area contributed by atoms with Crippen molar-refractivity contribution < 1.29 is 32.2 Å². The number of ether oxygens (including phenoxy) is 2. The molecule has 2 aliphatic rings. The number of benzene rings is 1. The van der Waals surface area contributed by atoms with E-state index in [-0.39, 0.29) is 18.9 Å². The van der Waals surface area contributed by atoms with Crippen molar-refractivity contribution in [3.63, 3.8) is 0 Å². The Morgan fingerprint density at radius 3 is 2.42 bits per heavy atom. The molecule has 1 amide bonds. The second-order valence-electron chi connectivity index (χ2n) is 8.44. The summed E-state index contributed by atoms with van der Waals surface area (Å²) in [6.07, 6.45) is -1.06. The standard InChI is InChI=1S/C23H28F3NO4/c1-16(2)22(21(29)31-15-17-6-4-3-5-7-17)11-8-19(14-22)27(20(28)23(24,25)26)18-9-12-30-13-10-18/h3-8,11,16,18-19H,9-10,12-15H2,1-2H3. The van der Waals surface area contributed by atoms with E-state index in [1.165, 1.54) is 0 Å². The summed E-state index contributed by atoms with van der Waals surface area (Å²) in [5.41, 5.74) is -0.265. The summed E-state index contributed by atoms with van der Waals surface area (Å²) in [7, 11) is 0. The number of esters is 1. The van der Waals surface area contributed by atoms with Crippen molar-refractivity contribution >= 4 is 11.9 Å². The quantitative estimate of drug-likeness (QED) is 0.491. The van der Waals surface area contributed by atoms with Crippen LogP contribution in [0.15, 0.2) is 42.5 Å². The smallest absolute Gasteiger partial charge is 0.460 e. The summed E-state index contributed by atoms with van der Waals surface area (Å²) in [5, 5.41) is 0. The fourth-order valence-corrected chi connectivity index (χ4v) is 4.33. The van der Waals surface area contributed by atoms with Crippen LogP contribution < -0.4 is 0 Å². The molecule has 0 saturated carbocycles. The largest absolute Gasteiger partial charge is 0.471 e. The van der Waals surface area contributed by atoms with E-state index >= 15 is 0 Å². The van der Waals surface area contributed by atoms with Crippen molar-refractivity contribution in [1.29, 1.82) is 0 Å². The number of nitrogens with zero attached hydrogens (tertiary/aromatic N) is 1. The molecule has 1 heterocycles. The molecule has 8 heteroatoms. The van der Waals surface area contributed by atoms with Crippen LogP contribution >= 0.6 is 0 Å². The maximum atomic E-state index is 13.4. The van der Waals surface area contributed by atoms with Crippen LogP contribution in [0.3, 0.4) is 0 Å². The first-order valence-corrected chi connectivity index (χ1v) is 10.5. The van der Waals surface area contributed by atoms with Gasteiger partial charge in [0.15, 0.2) is 0 Å². The molecular formula is C23H28F3NO4. The number of alkyl halides is 3. The van der Waals surface area contributed by atoms with Gasteiger partial charge in [0, 0.05) is 19.3 Å². The van der Waals surface area contributed by atoms with Crippen LogP contribution in [-0.2, 0) is 25.7 Å². The van der Waals surface area contributed by atoms with Gasteiger partial charge in [0.1, 0.15) is 6.61 Å². The van der Waals surface area contributed by atoms with Gasteiger partial charge in [-0.15, -0.1) is 0 Å². The lowest BCUT2D eigenvalue weighted by atomic mass is 9.76. The van der Waals surface area contributed by atoms with Crippen LogP contribution in [0, 0.1) is 11.3 Å². The third-order valence-electron chi connectivity index (χ3n) is 6.20. The lowest BCUT2D eigenvalue weighted by molar-refractivity contribution is -0.192. The Hall–Kier alpha value is -2.35. The van der Waals surface area contributed by atoms with E-state index in [0.29, 0.717) is 26.1 Å². The normalized spacial score (nSPS) is 24.4. The topological polar surface area (TPSA) is 55.8 Å². The number of rotatable bonds is 6. The van der Waals surface area contributed by atoms with Crippen LogP contribution in [-0.4, -0.2) is 48.3 Å². The fraction of sp³-hybridized carbons (Fsp3) is 0.565. The molecule has 0 spiro atoms. The number of hydrogen-bond acceptors (Lipinski definition) is 4. The summed E-state index contributed by atoms with van der Waals surface area (Å²) in [6.45, 7) is 4.36.